The van der Waals surface area contributed by atoms with Crippen molar-refractivity contribution in [3.8, 4) is 5.75 Å². The Hall–Kier alpha value is -1.51. The molecule has 0 aliphatic heterocycles. The van der Waals surface area contributed by atoms with Crippen LogP contribution in [0.5, 0.6) is 5.75 Å². The first-order chi connectivity index (χ1) is 9.24. The first-order valence-corrected chi connectivity index (χ1v) is 7.29. The molecule has 3 rings (SSSR count). The number of thiophene rings is 1. The third kappa shape index (κ3) is 2.60. The summed E-state index contributed by atoms with van der Waals surface area (Å²) in [6.45, 7) is 2.64. The zero-order valence-corrected chi connectivity index (χ0v) is 12.1. The number of benzene rings is 2. The number of ether oxygens (including phenoxy) is 1. The molecule has 0 amide bonds. The summed E-state index contributed by atoms with van der Waals surface area (Å²) in [7, 11) is 0. The molecule has 96 valence electrons. The number of aryl methyl sites for hydroxylation is 1. The van der Waals surface area contributed by atoms with E-state index in [2.05, 4.69) is 25.1 Å². The molecular weight excluding hydrogens is 276 g/mol. The molecule has 0 saturated heterocycles. The van der Waals surface area contributed by atoms with Crippen molar-refractivity contribution in [1.29, 1.82) is 0 Å². The van der Waals surface area contributed by atoms with Crippen molar-refractivity contribution in [3.05, 3.63) is 64.0 Å². The lowest BCUT2D eigenvalue weighted by Gasteiger charge is -2.06. The molecule has 2 aromatic carbocycles. The number of hydrogen-bond acceptors (Lipinski definition) is 2. The van der Waals surface area contributed by atoms with Gasteiger partial charge in [0.1, 0.15) is 12.4 Å². The first-order valence-electron chi connectivity index (χ1n) is 6.09. The average Bonchev–Trinajstić information content (AvgIpc) is 2.82. The molecule has 0 radical (unpaired) electrons. The normalized spacial score (nSPS) is 10.8. The Bertz CT molecular complexity index is 718. The molecule has 1 nitrogen and oxygen atoms in total. The zero-order chi connectivity index (χ0) is 13.2. The van der Waals surface area contributed by atoms with Crippen LogP contribution in [0.4, 0.5) is 0 Å². The molecule has 19 heavy (non-hydrogen) atoms. The van der Waals surface area contributed by atoms with Crippen LogP contribution in [0.15, 0.2) is 48.5 Å². The Morgan fingerprint density at radius 2 is 1.95 bits per heavy atom. The van der Waals surface area contributed by atoms with Gasteiger partial charge >= 0.3 is 0 Å². The number of hydrogen-bond donors (Lipinski definition) is 0. The highest BCUT2D eigenvalue weighted by Crippen LogP contribution is 2.32. The molecule has 0 N–H and O–H groups in total. The van der Waals surface area contributed by atoms with Gasteiger partial charge in [-0.25, -0.2) is 0 Å². The molecule has 3 heteroatoms. The van der Waals surface area contributed by atoms with Gasteiger partial charge in [-0.2, -0.15) is 0 Å². The molecule has 1 heterocycles. The van der Waals surface area contributed by atoms with Crippen LogP contribution in [0.25, 0.3) is 10.1 Å². The summed E-state index contributed by atoms with van der Waals surface area (Å²) in [5, 5.41) is 1.99. The summed E-state index contributed by atoms with van der Waals surface area (Å²) in [4.78, 5) is 1.19. The molecule has 0 spiro atoms. The van der Waals surface area contributed by atoms with Crippen LogP contribution >= 0.6 is 22.9 Å². The van der Waals surface area contributed by atoms with E-state index >= 15 is 0 Å². The van der Waals surface area contributed by atoms with E-state index in [0.29, 0.717) is 6.61 Å². The van der Waals surface area contributed by atoms with Gasteiger partial charge in [0.2, 0.25) is 0 Å². The van der Waals surface area contributed by atoms with E-state index in [1.807, 2.05) is 30.3 Å². The molecule has 0 unspecified atom stereocenters. The standard InChI is InChI=1S/C16H13ClOS/c1-11-5-2-3-8-15(11)18-10-13-9-12-6-4-7-14(17)16(12)19-13/h2-9H,10H2,1H3. The zero-order valence-electron chi connectivity index (χ0n) is 10.5. The fourth-order valence-corrected chi connectivity index (χ4v) is 3.29. The lowest BCUT2D eigenvalue weighted by atomic mass is 10.2. The second-order valence-corrected chi connectivity index (χ2v) is 5.97. The van der Waals surface area contributed by atoms with E-state index in [4.69, 9.17) is 16.3 Å². The van der Waals surface area contributed by atoms with Gasteiger partial charge in [-0.15, -0.1) is 11.3 Å². The Labute approximate surface area is 121 Å². The molecule has 0 aliphatic rings. The van der Waals surface area contributed by atoms with Gasteiger partial charge in [0.05, 0.1) is 9.72 Å². The van der Waals surface area contributed by atoms with Crippen molar-refractivity contribution in [3.63, 3.8) is 0 Å². The number of para-hydroxylation sites is 1. The minimum Gasteiger partial charge on any atom is -0.488 e. The van der Waals surface area contributed by atoms with E-state index < -0.39 is 0 Å². The number of rotatable bonds is 3. The van der Waals surface area contributed by atoms with Crippen molar-refractivity contribution in [2.45, 2.75) is 13.5 Å². The Morgan fingerprint density at radius 1 is 1.11 bits per heavy atom. The molecule has 0 bridgehead atoms. The smallest absolute Gasteiger partial charge is 0.122 e. The maximum atomic E-state index is 6.18. The van der Waals surface area contributed by atoms with Crippen molar-refractivity contribution in [1.82, 2.24) is 0 Å². The van der Waals surface area contributed by atoms with Gasteiger partial charge < -0.3 is 4.74 Å². The topological polar surface area (TPSA) is 9.23 Å². The molecule has 0 aliphatic carbocycles. The quantitative estimate of drug-likeness (QED) is 0.623. The fraction of sp³-hybridized carbons (Fsp3) is 0.125. The fourth-order valence-electron chi connectivity index (χ4n) is 2.02. The van der Waals surface area contributed by atoms with Crippen LogP contribution in [0, 0.1) is 6.92 Å². The van der Waals surface area contributed by atoms with E-state index in [9.17, 15) is 0 Å². The summed E-state index contributed by atoms with van der Waals surface area (Å²) in [6, 6.07) is 16.2. The van der Waals surface area contributed by atoms with E-state index in [1.165, 1.54) is 10.3 Å². The van der Waals surface area contributed by atoms with Gasteiger partial charge in [-0.05, 0) is 36.1 Å². The summed E-state index contributed by atoms with van der Waals surface area (Å²) >= 11 is 7.87. The van der Waals surface area contributed by atoms with E-state index in [1.54, 1.807) is 11.3 Å². The summed E-state index contributed by atoms with van der Waals surface area (Å²) in [5.41, 5.74) is 1.15. The van der Waals surface area contributed by atoms with Crippen molar-refractivity contribution in [2.75, 3.05) is 0 Å². The van der Waals surface area contributed by atoms with Crippen LogP contribution in [-0.2, 0) is 6.61 Å². The molecular formula is C16H13ClOS. The minimum absolute atomic E-state index is 0.584. The van der Waals surface area contributed by atoms with Crippen LogP contribution in [0.1, 0.15) is 10.4 Å². The summed E-state index contributed by atoms with van der Waals surface area (Å²) in [6.07, 6.45) is 0. The Morgan fingerprint density at radius 3 is 2.74 bits per heavy atom. The summed E-state index contributed by atoms with van der Waals surface area (Å²) in [5.74, 6) is 0.936. The highest BCUT2D eigenvalue weighted by Gasteiger charge is 2.06. The largest absolute Gasteiger partial charge is 0.488 e. The molecule has 0 atom stereocenters. The van der Waals surface area contributed by atoms with Gasteiger partial charge in [0.15, 0.2) is 0 Å². The van der Waals surface area contributed by atoms with E-state index in [0.717, 1.165) is 21.0 Å². The summed E-state index contributed by atoms with van der Waals surface area (Å²) < 4.78 is 6.99. The number of halogens is 1. The monoisotopic (exact) mass is 288 g/mol. The average molecular weight is 289 g/mol. The van der Waals surface area contributed by atoms with Crippen LogP contribution in [0.3, 0.4) is 0 Å². The Balaban J connectivity index is 1.83. The van der Waals surface area contributed by atoms with Crippen LogP contribution in [0.2, 0.25) is 5.02 Å². The maximum Gasteiger partial charge on any atom is 0.122 e. The predicted octanol–water partition coefficient (Wildman–Crippen LogP) is 5.44. The minimum atomic E-state index is 0.584. The second-order valence-electron chi connectivity index (χ2n) is 4.43. The van der Waals surface area contributed by atoms with Gasteiger partial charge in [0.25, 0.3) is 0 Å². The predicted molar refractivity (Wildman–Crippen MR) is 82.3 cm³/mol. The third-order valence-electron chi connectivity index (χ3n) is 3.01. The molecule has 0 saturated carbocycles. The van der Waals surface area contributed by atoms with Crippen LogP contribution in [-0.4, -0.2) is 0 Å². The van der Waals surface area contributed by atoms with Crippen LogP contribution < -0.4 is 4.74 Å². The molecule has 1 aromatic heterocycles. The second kappa shape index (κ2) is 5.24. The first kappa shape index (κ1) is 12.5. The lowest BCUT2D eigenvalue weighted by molar-refractivity contribution is 0.308. The van der Waals surface area contributed by atoms with Gasteiger partial charge in [0, 0.05) is 4.88 Å². The van der Waals surface area contributed by atoms with Crippen molar-refractivity contribution >= 4 is 33.0 Å². The molecule has 3 aromatic rings. The Kier molecular flexibility index (Phi) is 3.45. The van der Waals surface area contributed by atoms with Crippen molar-refractivity contribution < 1.29 is 4.74 Å². The maximum absolute atomic E-state index is 6.18. The van der Waals surface area contributed by atoms with Gasteiger partial charge in [-0.3, -0.25) is 0 Å². The SMILES string of the molecule is Cc1ccccc1OCc1cc2cccc(Cl)c2s1. The van der Waals surface area contributed by atoms with E-state index in [-0.39, 0.29) is 0 Å². The van der Waals surface area contributed by atoms with Gasteiger partial charge in [-0.1, -0.05) is 41.9 Å². The highest BCUT2D eigenvalue weighted by molar-refractivity contribution is 7.19. The number of fused-ring (bicyclic) bond motifs is 1. The third-order valence-corrected chi connectivity index (χ3v) is 4.60. The highest BCUT2D eigenvalue weighted by atomic mass is 35.5. The van der Waals surface area contributed by atoms with Crippen molar-refractivity contribution in [2.24, 2.45) is 0 Å². The lowest BCUT2D eigenvalue weighted by Crippen LogP contribution is -1.94. The molecule has 0 fully saturated rings.